The summed E-state index contributed by atoms with van der Waals surface area (Å²) in [4.78, 5) is 31.9. The molecule has 0 aliphatic heterocycles. The van der Waals surface area contributed by atoms with Crippen LogP contribution in [0.5, 0.6) is 5.75 Å². The lowest BCUT2D eigenvalue weighted by molar-refractivity contribution is -0.385. The minimum Gasteiger partial charge on any atom is -0.474 e. The molecule has 7 heteroatoms. The maximum absolute atomic E-state index is 11.1. The normalized spacial score (nSPS) is 9.61. The Hall–Kier alpha value is -2.44. The molecule has 0 fully saturated rings. The van der Waals surface area contributed by atoms with Crippen LogP contribution in [0.25, 0.3) is 0 Å². The third kappa shape index (κ3) is 3.27. The molecule has 0 saturated carbocycles. The Morgan fingerprint density at radius 2 is 2.22 bits per heavy atom. The summed E-state index contributed by atoms with van der Waals surface area (Å²) < 4.78 is 9.60. The van der Waals surface area contributed by atoms with Crippen LogP contribution < -0.4 is 4.74 Å². The Labute approximate surface area is 102 Å². The van der Waals surface area contributed by atoms with Crippen LogP contribution in [0.3, 0.4) is 0 Å². The van der Waals surface area contributed by atoms with E-state index in [0.29, 0.717) is 6.29 Å². The van der Waals surface area contributed by atoms with Crippen LogP contribution >= 0.6 is 0 Å². The SMILES string of the molecule is CCOC(=O)COc1c(C=O)cccc1[N+](=O)[O-]. The first-order chi connectivity index (χ1) is 8.60. The van der Waals surface area contributed by atoms with E-state index in [-0.39, 0.29) is 23.6 Å². The van der Waals surface area contributed by atoms with Crippen molar-refractivity contribution in [3.05, 3.63) is 33.9 Å². The predicted molar refractivity (Wildman–Crippen MR) is 60.6 cm³/mol. The zero-order chi connectivity index (χ0) is 13.5. The number of para-hydroxylation sites is 1. The van der Waals surface area contributed by atoms with Crippen LogP contribution in [0.4, 0.5) is 5.69 Å². The lowest BCUT2D eigenvalue weighted by Crippen LogP contribution is -2.15. The summed E-state index contributed by atoms with van der Waals surface area (Å²) in [7, 11) is 0. The van der Waals surface area contributed by atoms with Crippen molar-refractivity contribution in [1.82, 2.24) is 0 Å². The number of hydrogen-bond donors (Lipinski definition) is 0. The summed E-state index contributed by atoms with van der Waals surface area (Å²) >= 11 is 0. The van der Waals surface area contributed by atoms with Crippen LogP contribution in [-0.2, 0) is 9.53 Å². The van der Waals surface area contributed by atoms with E-state index in [0.717, 1.165) is 0 Å². The van der Waals surface area contributed by atoms with E-state index in [2.05, 4.69) is 4.74 Å². The van der Waals surface area contributed by atoms with Gasteiger partial charge in [-0.05, 0) is 13.0 Å². The lowest BCUT2D eigenvalue weighted by atomic mass is 10.2. The number of carbonyl (C=O) groups excluding carboxylic acids is 2. The molecule has 0 bridgehead atoms. The second kappa shape index (κ2) is 6.33. The number of ether oxygens (including phenoxy) is 2. The Morgan fingerprint density at radius 3 is 2.78 bits per heavy atom. The van der Waals surface area contributed by atoms with Gasteiger partial charge in [0.15, 0.2) is 12.9 Å². The number of esters is 1. The van der Waals surface area contributed by atoms with Crippen molar-refractivity contribution in [3.63, 3.8) is 0 Å². The van der Waals surface area contributed by atoms with E-state index < -0.39 is 17.5 Å². The zero-order valence-electron chi connectivity index (χ0n) is 9.62. The Morgan fingerprint density at radius 1 is 1.50 bits per heavy atom. The Bertz CT molecular complexity index is 471. The summed E-state index contributed by atoms with van der Waals surface area (Å²) in [6, 6.07) is 3.91. The highest BCUT2D eigenvalue weighted by molar-refractivity contribution is 5.82. The van der Waals surface area contributed by atoms with Gasteiger partial charge in [0.2, 0.25) is 5.75 Å². The van der Waals surface area contributed by atoms with Gasteiger partial charge in [-0.3, -0.25) is 14.9 Å². The van der Waals surface area contributed by atoms with Crippen LogP contribution in [0.15, 0.2) is 18.2 Å². The van der Waals surface area contributed by atoms with Crippen molar-refractivity contribution in [3.8, 4) is 5.75 Å². The minimum atomic E-state index is -0.687. The van der Waals surface area contributed by atoms with Gasteiger partial charge in [0.05, 0.1) is 17.1 Å². The first-order valence-electron chi connectivity index (χ1n) is 5.11. The summed E-state index contributed by atoms with van der Waals surface area (Å²) in [6.07, 6.45) is 0.424. The molecule has 0 saturated heterocycles. The van der Waals surface area contributed by atoms with Crippen molar-refractivity contribution >= 4 is 17.9 Å². The zero-order valence-corrected chi connectivity index (χ0v) is 9.62. The molecule has 0 heterocycles. The van der Waals surface area contributed by atoms with E-state index in [1.165, 1.54) is 18.2 Å². The molecular formula is C11H11NO6. The van der Waals surface area contributed by atoms with Crippen LogP contribution in [-0.4, -0.2) is 30.4 Å². The van der Waals surface area contributed by atoms with Gasteiger partial charge in [0.1, 0.15) is 0 Å². The van der Waals surface area contributed by atoms with Crippen LogP contribution in [0.2, 0.25) is 0 Å². The van der Waals surface area contributed by atoms with Crippen molar-refractivity contribution in [2.45, 2.75) is 6.92 Å². The van der Waals surface area contributed by atoms with Crippen LogP contribution in [0.1, 0.15) is 17.3 Å². The van der Waals surface area contributed by atoms with E-state index >= 15 is 0 Å². The van der Waals surface area contributed by atoms with Gasteiger partial charge < -0.3 is 9.47 Å². The van der Waals surface area contributed by atoms with Gasteiger partial charge in [0, 0.05) is 6.07 Å². The van der Waals surface area contributed by atoms with Gasteiger partial charge in [-0.15, -0.1) is 0 Å². The molecule has 0 N–H and O–H groups in total. The quantitative estimate of drug-likeness (QED) is 0.328. The Balaban J connectivity index is 2.94. The molecule has 0 atom stereocenters. The van der Waals surface area contributed by atoms with Crippen LogP contribution in [0, 0.1) is 10.1 Å². The van der Waals surface area contributed by atoms with Gasteiger partial charge in [-0.25, -0.2) is 4.79 Å². The molecule has 1 rings (SSSR count). The highest BCUT2D eigenvalue weighted by Crippen LogP contribution is 2.29. The molecule has 0 amide bonds. The highest BCUT2D eigenvalue weighted by Gasteiger charge is 2.19. The standard InChI is InChI=1S/C11H11NO6/c1-2-17-10(14)7-18-11-8(6-13)4-3-5-9(11)12(15)16/h3-6H,2,7H2,1H3. The third-order valence-corrected chi connectivity index (χ3v) is 1.99. The largest absolute Gasteiger partial charge is 0.474 e. The van der Waals surface area contributed by atoms with Gasteiger partial charge in [-0.2, -0.15) is 0 Å². The number of benzene rings is 1. The van der Waals surface area contributed by atoms with Gasteiger partial charge in [-0.1, -0.05) is 6.07 Å². The molecule has 0 aromatic heterocycles. The molecule has 96 valence electrons. The monoisotopic (exact) mass is 253 g/mol. The third-order valence-electron chi connectivity index (χ3n) is 1.99. The minimum absolute atomic E-state index is 0.00787. The molecule has 18 heavy (non-hydrogen) atoms. The van der Waals surface area contributed by atoms with Crippen molar-refractivity contribution in [2.24, 2.45) is 0 Å². The fourth-order valence-corrected chi connectivity index (χ4v) is 1.27. The lowest BCUT2D eigenvalue weighted by Gasteiger charge is -2.07. The topological polar surface area (TPSA) is 95.7 Å². The predicted octanol–water partition coefficient (Wildman–Crippen LogP) is 1.35. The molecule has 0 aliphatic carbocycles. The number of nitro groups is 1. The summed E-state index contributed by atoms with van der Waals surface area (Å²) in [5, 5.41) is 10.8. The fourth-order valence-electron chi connectivity index (χ4n) is 1.27. The first-order valence-corrected chi connectivity index (χ1v) is 5.11. The number of hydrogen-bond acceptors (Lipinski definition) is 6. The average molecular weight is 253 g/mol. The maximum atomic E-state index is 11.1. The second-order valence-electron chi connectivity index (χ2n) is 3.16. The molecule has 1 aromatic carbocycles. The molecule has 0 spiro atoms. The number of carbonyl (C=O) groups is 2. The molecule has 1 aromatic rings. The fraction of sp³-hybridized carbons (Fsp3) is 0.273. The summed E-state index contributed by atoms with van der Waals surface area (Å²) in [5.41, 5.74) is -0.364. The first kappa shape index (κ1) is 13.6. The molecule has 0 unspecified atom stereocenters. The summed E-state index contributed by atoms with van der Waals surface area (Å²) in [6.45, 7) is 1.32. The van der Waals surface area contributed by atoms with Gasteiger partial charge >= 0.3 is 11.7 Å². The summed E-state index contributed by atoms with van der Waals surface area (Å²) in [5.74, 6) is -0.891. The molecule has 0 aliphatic rings. The smallest absolute Gasteiger partial charge is 0.344 e. The molecule has 0 radical (unpaired) electrons. The van der Waals surface area contributed by atoms with E-state index in [4.69, 9.17) is 4.74 Å². The van der Waals surface area contributed by atoms with Crippen molar-refractivity contribution in [1.29, 1.82) is 0 Å². The van der Waals surface area contributed by atoms with E-state index in [1.54, 1.807) is 6.92 Å². The maximum Gasteiger partial charge on any atom is 0.344 e. The van der Waals surface area contributed by atoms with Crippen molar-refractivity contribution < 1.29 is 24.0 Å². The molecule has 7 nitrogen and oxygen atoms in total. The highest BCUT2D eigenvalue weighted by atomic mass is 16.6. The van der Waals surface area contributed by atoms with E-state index in [1.807, 2.05) is 0 Å². The Kier molecular flexibility index (Phi) is 4.79. The van der Waals surface area contributed by atoms with E-state index in [9.17, 15) is 19.7 Å². The number of aldehydes is 1. The number of nitro benzene ring substituents is 1. The van der Waals surface area contributed by atoms with Gasteiger partial charge in [0.25, 0.3) is 0 Å². The molecular weight excluding hydrogens is 242 g/mol. The second-order valence-corrected chi connectivity index (χ2v) is 3.16. The number of nitrogens with zero attached hydrogens (tertiary/aromatic N) is 1. The van der Waals surface area contributed by atoms with Crippen molar-refractivity contribution in [2.75, 3.05) is 13.2 Å². The number of rotatable bonds is 6. The average Bonchev–Trinajstić information content (AvgIpc) is 2.36.